The number of hydroxylamine groups is 1. The summed E-state index contributed by atoms with van der Waals surface area (Å²) in [4.78, 5) is 26.1. The molecule has 2 N–H and O–H groups in total. The van der Waals surface area contributed by atoms with Gasteiger partial charge in [-0.2, -0.15) is 5.26 Å². The van der Waals surface area contributed by atoms with E-state index in [9.17, 15) is 4.79 Å². The van der Waals surface area contributed by atoms with Crippen LogP contribution in [0.5, 0.6) is 5.75 Å². The van der Waals surface area contributed by atoms with Gasteiger partial charge in [-0.15, -0.1) is 0 Å². The van der Waals surface area contributed by atoms with Gasteiger partial charge in [0.25, 0.3) is 5.91 Å². The summed E-state index contributed by atoms with van der Waals surface area (Å²) in [5.74, 6) is 0.569. The van der Waals surface area contributed by atoms with Crippen LogP contribution in [0.3, 0.4) is 0 Å². The van der Waals surface area contributed by atoms with Gasteiger partial charge in [0.2, 0.25) is 0 Å². The average Bonchev–Trinajstić information content (AvgIpc) is 2.78. The van der Waals surface area contributed by atoms with Crippen molar-refractivity contribution in [1.82, 2.24) is 15.4 Å². The lowest BCUT2D eigenvalue weighted by Gasteiger charge is -2.12. The molecule has 2 aromatic heterocycles. The minimum absolute atomic E-state index is 0.0461. The molecule has 0 unspecified atom stereocenters. The lowest BCUT2D eigenvalue weighted by Crippen LogP contribution is -2.25. The maximum absolute atomic E-state index is 12.5. The number of nitriles is 1. The number of ether oxygens (including phenoxy) is 1. The van der Waals surface area contributed by atoms with E-state index in [1.54, 1.807) is 48.9 Å². The second-order valence-electron chi connectivity index (χ2n) is 5.97. The van der Waals surface area contributed by atoms with Gasteiger partial charge in [-0.1, -0.05) is 0 Å². The van der Waals surface area contributed by atoms with E-state index in [-0.39, 0.29) is 6.61 Å². The summed E-state index contributed by atoms with van der Waals surface area (Å²) in [6.45, 7) is 0.545. The molecule has 1 aromatic carbocycles. The molecule has 2 heterocycles. The van der Waals surface area contributed by atoms with E-state index in [0.29, 0.717) is 34.8 Å². The zero-order chi connectivity index (χ0) is 20.5. The third kappa shape index (κ3) is 5.28. The first-order valence-corrected chi connectivity index (χ1v) is 8.78. The van der Waals surface area contributed by atoms with Crippen LogP contribution < -0.4 is 15.5 Å². The number of nitrogens with zero attached hydrogens (tertiary/aromatic N) is 3. The molecular weight excluding hydrogens is 370 g/mol. The van der Waals surface area contributed by atoms with Crippen molar-refractivity contribution in [2.45, 2.75) is 13.2 Å². The number of methoxy groups -OCH3 is 1. The largest absolute Gasteiger partial charge is 0.496 e. The Hall–Kier alpha value is -3.96. The van der Waals surface area contributed by atoms with Crippen molar-refractivity contribution >= 4 is 11.7 Å². The van der Waals surface area contributed by atoms with Crippen molar-refractivity contribution in [1.29, 1.82) is 5.26 Å². The van der Waals surface area contributed by atoms with Gasteiger partial charge in [-0.25, -0.2) is 10.5 Å². The topological polar surface area (TPSA) is 109 Å². The number of nitrogens with one attached hydrogen (secondary N) is 2. The number of benzene rings is 1. The lowest BCUT2D eigenvalue weighted by molar-refractivity contribution is 0.0227. The van der Waals surface area contributed by atoms with Gasteiger partial charge < -0.3 is 10.1 Å². The van der Waals surface area contributed by atoms with Gasteiger partial charge in [0.1, 0.15) is 18.2 Å². The van der Waals surface area contributed by atoms with Crippen LogP contribution in [0.2, 0.25) is 0 Å². The lowest BCUT2D eigenvalue weighted by atomic mass is 10.1. The summed E-state index contributed by atoms with van der Waals surface area (Å²) >= 11 is 0. The Labute approximate surface area is 168 Å². The number of aromatic nitrogens is 2. The molecule has 0 saturated carbocycles. The molecule has 0 spiro atoms. The normalized spacial score (nSPS) is 10.1. The summed E-state index contributed by atoms with van der Waals surface area (Å²) in [5, 5.41) is 12.2. The summed E-state index contributed by atoms with van der Waals surface area (Å²) in [7, 11) is 1.53. The van der Waals surface area contributed by atoms with Crippen LogP contribution in [0.25, 0.3) is 0 Å². The quantitative estimate of drug-likeness (QED) is 0.570. The van der Waals surface area contributed by atoms with E-state index in [4.69, 9.17) is 14.8 Å². The number of amides is 1. The first-order valence-electron chi connectivity index (χ1n) is 8.78. The van der Waals surface area contributed by atoms with Crippen LogP contribution in [-0.4, -0.2) is 23.0 Å². The maximum atomic E-state index is 12.5. The molecule has 8 heteroatoms. The van der Waals surface area contributed by atoms with Crippen LogP contribution in [-0.2, 0) is 18.0 Å². The molecule has 8 nitrogen and oxygen atoms in total. The average molecular weight is 389 g/mol. The molecule has 146 valence electrons. The predicted octanol–water partition coefficient (Wildman–Crippen LogP) is 2.83. The fourth-order valence-corrected chi connectivity index (χ4v) is 2.61. The fraction of sp³-hybridized carbons (Fsp3) is 0.143. The standard InChI is InChI=1S/C21H19N5O3/c1-28-19-5-4-16(12-22)11-17(19)14-29-26-21(27)18-3-2-8-24-20(18)25-13-15-6-9-23-10-7-15/h2-11H,13-14H2,1H3,(H,24,25)(H,26,27). The van der Waals surface area contributed by atoms with Crippen molar-refractivity contribution in [2.24, 2.45) is 0 Å². The van der Waals surface area contributed by atoms with Gasteiger partial charge in [0, 0.05) is 30.7 Å². The van der Waals surface area contributed by atoms with E-state index in [1.165, 1.54) is 7.11 Å². The molecule has 0 fully saturated rings. The maximum Gasteiger partial charge on any atom is 0.278 e. The third-order valence-electron chi connectivity index (χ3n) is 4.06. The third-order valence-corrected chi connectivity index (χ3v) is 4.06. The van der Waals surface area contributed by atoms with Crippen molar-refractivity contribution in [3.63, 3.8) is 0 Å². The van der Waals surface area contributed by atoms with Crippen molar-refractivity contribution in [2.75, 3.05) is 12.4 Å². The van der Waals surface area contributed by atoms with E-state index in [1.807, 2.05) is 12.1 Å². The molecule has 0 saturated heterocycles. The van der Waals surface area contributed by atoms with Crippen LogP contribution in [0.1, 0.15) is 27.0 Å². The highest BCUT2D eigenvalue weighted by Gasteiger charge is 2.13. The minimum Gasteiger partial charge on any atom is -0.496 e. The summed E-state index contributed by atoms with van der Waals surface area (Å²) in [5.41, 5.74) is 4.89. The van der Waals surface area contributed by atoms with Crippen LogP contribution >= 0.6 is 0 Å². The highest BCUT2D eigenvalue weighted by atomic mass is 16.7. The van der Waals surface area contributed by atoms with E-state index >= 15 is 0 Å². The number of carbonyl (C=O) groups is 1. The first-order chi connectivity index (χ1) is 14.2. The Kier molecular flexibility index (Phi) is 6.71. The van der Waals surface area contributed by atoms with Gasteiger partial charge in [-0.3, -0.25) is 14.6 Å². The van der Waals surface area contributed by atoms with E-state index in [0.717, 1.165) is 5.56 Å². The highest BCUT2D eigenvalue weighted by molar-refractivity contribution is 5.98. The molecule has 29 heavy (non-hydrogen) atoms. The molecule has 1 amide bonds. The van der Waals surface area contributed by atoms with Gasteiger partial charge in [0.05, 0.1) is 24.3 Å². The Bertz CT molecular complexity index is 1020. The number of hydrogen-bond acceptors (Lipinski definition) is 7. The molecule has 3 rings (SSSR count). The second-order valence-corrected chi connectivity index (χ2v) is 5.97. The Morgan fingerprint density at radius 3 is 2.76 bits per heavy atom. The number of anilines is 1. The number of rotatable bonds is 8. The highest BCUT2D eigenvalue weighted by Crippen LogP contribution is 2.20. The van der Waals surface area contributed by atoms with Crippen LogP contribution in [0.15, 0.2) is 61.1 Å². The molecule has 0 bridgehead atoms. The molecule has 0 aliphatic rings. The van der Waals surface area contributed by atoms with Crippen molar-refractivity contribution in [3.05, 3.63) is 83.3 Å². The van der Waals surface area contributed by atoms with Crippen molar-refractivity contribution < 1.29 is 14.4 Å². The Balaban J connectivity index is 1.62. The molecule has 0 aliphatic heterocycles. The smallest absolute Gasteiger partial charge is 0.278 e. The second kappa shape index (κ2) is 9.82. The summed E-state index contributed by atoms with van der Waals surface area (Å²) < 4.78 is 5.25. The number of pyridine rings is 2. The van der Waals surface area contributed by atoms with Crippen molar-refractivity contribution in [3.8, 4) is 11.8 Å². The predicted molar refractivity (Wildman–Crippen MR) is 106 cm³/mol. The summed E-state index contributed by atoms with van der Waals surface area (Å²) in [6, 6.07) is 14.1. The van der Waals surface area contributed by atoms with Gasteiger partial charge >= 0.3 is 0 Å². The van der Waals surface area contributed by atoms with Gasteiger partial charge in [0.15, 0.2) is 0 Å². The fourth-order valence-electron chi connectivity index (χ4n) is 2.61. The zero-order valence-electron chi connectivity index (χ0n) is 15.8. The van der Waals surface area contributed by atoms with Crippen LogP contribution in [0, 0.1) is 11.3 Å². The molecule has 0 radical (unpaired) electrons. The molecule has 0 atom stereocenters. The monoisotopic (exact) mass is 389 g/mol. The number of hydrogen-bond donors (Lipinski definition) is 2. The minimum atomic E-state index is -0.439. The Morgan fingerprint density at radius 1 is 1.17 bits per heavy atom. The SMILES string of the molecule is COc1ccc(C#N)cc1CONC(=O)c1cccnc1NCc1ccncc1. The Morgan fingerprint density at radius 2 is 2.00 bits per heavy atom. The molecule has 3 aromatic rings. The number of carbonyl (C=O) groups excluding carboxylic acids is 1. The molecular formula is C21H19N5O3. The van der Waals surface area contributed by atoms with E-state index < -0.39 is 5.91 Å². The van der Waals surface area contributed by atoms with Gasteiger partial charge in [-0.05, 0) is 48.0 Å². The first kappa shape index (κ1) is 19.8. The van der Waals surface area contributed by atoms with Crippen LogP contribution in [0.4, 0.5) is 5.82 Å². The van der Waals surface area contributed by atoms with E-state index in [2.05, 4.69) is 26.8 Å². The molecule has 0 aliphatic carbocycles. The zero-order valence-corrected chi connectivity index (χ0v) is 15.8. The summed E-state index contributed by atoms with van der Waals surface area (Å²) in [6.07, 6.45) is 5.00.